The number of rotatable bonds is 1. The van der Waals surface area contributed by atoms with Crippen molar-refractivity contribution in [2.75, 3.05) is 7.11 Å². The fourth-order valence-corrected chi connectivity index (χ4v) is 3.12. The monoisotopic (exact) mass is 490 g/mol. The number of Topliss-reactive ketones (excluding diaryl/α,β-unsaturated/α-hetero) is 1. The zero-order chi connectivity index (χ0) is 19.3. The molecule has 148 valence electrons. The lowest BCUT2D eigenvalue weighted by molar-refractivity contribution is -0.122. The van der Waals surface area contributed by atoms with Crippen molar-refractivity contribution in [3.8, 4) is 11.5 Å². The summed E-state index contributed by atoms with van der Waals surface area (Å²) in [7, 11) is 1.46. The Morgan fingerprint density at radius 2 is 2.00 bits per heavy atom. The van der Waals surface area contributed by atoms with Crippen LogP contribution in [0.15, 0.2) is 27.9 Å². The molecule has 8 heteroatoms. The Morgan fingerprint density at radius 1 is 1.30 bits per heavy atom. The molecule has 0 aliphatic carbocycles. The smallest absolute Gasteiger partial charge is 0.342 e. The summed E-state index contributed by atoms with van der Waals surface area (Å²) in [5, 5.41) is 20.2. The normalized spacial score (nSPS) is 24.4. The maximum Gasteiger partial charge on any atom is 0.342 e. The van der Waals surface area contributed by atoms with Gasteiger partial charge in [0.25, 0.3) is 0 Å². The number of esters is 1. The molecule has 0 saturated heterocycles. The van der Waals surface area contributed by atoms with Crippen molar-refractivity contribution in [1.29, 1.82) is 0 Å². The highest BCUT2D eigenvalue weighted by Crippen LogP contribution is 2.30. The number of phenolic OH excluding ortho intramolecular Hbond substituents is 1. The van der Waals surface area contributed by atoms with Gasteiger partial charge in [-0.05, 0) is 54.0 Å². The predicted molar refractivity (Wildman–Crippen MR) is 109 cm³/mol. The van der Waals surface area contributed by atoms with Gasteiger partial charge in [0.15, 0.2) is 5.78 Å². The minimum Gasteiger partial charge on any atom is -0.507 e. The maximum absolute atomic E-state index is 12.5. The average Bonchev–Trinajstić information content (AvgIpc) is 2.60. The Labute approximate surface area is 171 Å². The molecule has 1 aromatic carbocycles. The van der Waals surface area contributed by atoms with Gasteiger partial charge in [0.2, 0.25) is 0 Å². The van der Waals surface area contributed by atoms with Crippen molar-refractivity contribution in [1.82, 2.24) is 0 Å². The van der Waals surface area contributed by atoms with E-state index in [0.717, 1.165) is 0 Å². The molecule has 0 amide bonds. The molecule has 0 spiro atoms. The molecule has 0 bridgehead atoms. The van der Waals surface area contributed by atoms with Gasteiger partial charge in [0.05, 0.1) is 10.7 Å². The average molecular weight is 490 g/mol. The Bertz CT molecular complexity index is 755. The van der Waals surface area contributed by atoms with E-state index in [4.69, 9.17) is 9.47 Å². The molecule has 1 aliphatic rings. The Balaban J connectivity index is 0.00000364. The van der Waals surface area contributed by atoms with Gasteiger partial charge in [0.1, 0.15) is 29.3 Å². The van der Waals surface area contributed by atoms with Crippen LogP contribution in [0.5, 0.6) is 11.5 Å². The van der Waals surface area contributed by atoms with E-state index in [-0.39, 0.29) is 29.0 Å². The molecular weight excluding hydrogens is 467 g/mol. The molecule has 1 heterocycles. The first kappa shape index (κ1) is 23.1. The number of halogens is 1. The number of ketones is 1. The highest BCUT2D eigenvalue weighted by molar-refractivity contribution is 14.1. The van der Waals surface area contributed by atoms with E-state index >= 15 is 0 Å². The Morgan fingerprint density at radius 3 is 2.67 bits per heavy atom. The molecule has 0 radical (unpaired) electrons. The first-order valence-corrected chi connectivity index (χ1v) is 9.27. The minimum absolute atomic E-state index is 0. The van der Waals surface area contributed by atoms with Gasteiger partial charge >= 0.3 is 5.97 Å². The predicted octanol–water partition coefficient (Wildman–Crippen LogP) is 2.57. The fourth-order valence-electron chi connectivity index (χ4n) is 2.51. The molecule has 7 nitrogen and oxygen atoms in total. The minimum atomic E-state index is -1.08. The summed E-state index contributed by atoms with van der Waals surface area (Å²) in [6.07, 6.45) is 4.45. The van der Waals surface area contributed by atoms with Gasteiger partial charge in [-0.3, -0.25) is 4.79 Å². The van der Waals surface area contributed by atoms with Crippen molar-refractivity contribution in [2.24, 2.45) is 0 Å². The Kier molecular flexibility index (Phi) is 8.94. The van der Waals surface area contributed by atoms with Crippen LogP contribution in [-0.4, -0.2) is 46.8 Å². The second kappa shape index (κ2) is 10.4. The SMILES string of the molecule is COc1cc(O)c2c(c1)/C=C/CC[C@H](O)C(=O)/C(I)=C\C[C@H](C)OC2=O.O. The third kappa shape index (κ3) is 6.05. The lowest BCUT2D eigenvalue weighted by Crippen LogP contribution is -2.21. The summed E-state index contributed by atoms with van der Waals surface area (Å²) in [5.41, 5.74) is 0.503. The van der Waals surface area contributed by atoms with Crippen molar-refractivity contribution in [3.63, 3.8) is 0 Å². The number of phenols is 1. The third-order valence-electron chi connectivity index (χ3n) is 3.94. The number of aliphatic hydroxyl groups is 1. The standard InChI is InChI=1S/C19H21IO6.H2O/c1-11-7-8-14(20)18(23)15(21)6-4-3-5-12-9-13(25-2)10-16(22)17(12)19(24)26-11;/h3,5,8-11,15,21-22H,4,6-7H2,1-2H3;1H2/b5-3+,14-8+;/t11-,15-;/m0./s1. The van der Waals surface area contributed by atoms with Crippen LogP contribution in [0.2, 0.25) is 0 Å². The summed E-state index contributed by atoms with van der Waals surface area (Å²) < 4.78 is 10.9. The highest BCUT2D eigenvalue weighted by Gasteiger charge is 2.22. The molecule has 0 fully saturated rings. The molecule has 4 N–H and O–H groups in total. The molecule has 0 aromatic heterocycles. The van der Waals surface area contributed by atoms with Gasteiger partial charge in [0, 0.05) is 12.5 Å². The number of methoxy groups -OCH3 is 1. The van der Waals surface area contributed by atoms with Gasteiger partial charge in [-0.1, -0.05) is 18.2 Å². The van der Waals surface area contributed by atoms with E-state index in [1.807, 2.05) is 22.6 Å². The van der Waals surface area contributed by atoms with E-state index in [9.17, 15) is 19.8 Å². The molecule has 1 aliphatic heterocycles. The number of ether oxygens (including phenoxy) is 2. The zero-order valence-corrected chi connectivity index (χ0v) is 17.2. The van der Waals surface area contributed by atoms with Crippen LogP contribution in [0.25, 0.3) is 6.08 Å². The quantitative estimate of drug-likeness (QED) is 0.461. The van der Waals surface area contributed by atoms with Gasteiger partial charge < -0.3 is 25.2 Å². The van der Waals surface area contributed by atoms with Crippen LogP contribution in [0, 0.1) is 0 Å². The highest BCUT2D eigenvalue weighted by atomic mass is 127. The van der Waals surface area contributed by atoms with E-state index in [1.165, 1.54) is 13.2 Å². The second-order valence-corrected chi connectivity index (χ2v) is 7.14. The molecule has 2 rings (SSSR count). The lowest BCUT2D eigenvalue weighted by atomic mass is 10.0. The molecule has 2 atom stereocenters. The largest absolute Gasteiger partial charge is 0.507 e. The van der Waals surface area contributed by atoms with Crippen LogP contribution >= 0.6 is 22.6 Å². The molecule has 1 aromatic rings. The fraction of sp³-hybridized carbons (Fsp3) is 0.368. The number of allylic oxidation sites excluding steroid dienone is 1. The van der Waals surface area contributed by atoms with Crippen molar-refractivity contribution < 1.29 is 34.8 Å². The maximum atomic E-state index is 12.5. The number of carbonyl (C=O) groups excluding carboxylic acids is 2. The third-order valence-corrected chi connectivity index (χ3v) is 4.91. The van der Waals surface area contributed by atoms with E-state index < -0.39 is 18.2 Å². The molecule has 0 unspecified atom stereocenters. The van der Waals surface area contributed by atoms with Crippen LogP contribution in [0.1, 0.15) is 42.1 Å². The van der Waals surface area contributed by atoms with Crippen molar-refractivity contribution in [3.05, 3.63) is 39.0 Å². The van der Waals surface area contributed by atoms with E-state index in [0.29, 0.717) is 27.7 Å². The number of hydrogen-bond acceptors (Lipinski definition) is 6. The lowest BCUT2D eigenvalue weighted by Gasteiger charge is -2.16. The van der Waals surface area contributed by atoms with Gasteiger partial charge in [-0.2, -0.15) is 0 Å². The van der Waals surface area contributed by atoms with Crippen molar-refractivity contribution in [2.45, 2.75) is 38.4 Å². The van der Waals surface area contributed by atoms with Crippen LogP contribution in [0.4, 0.5) is 0 Å². The van der Waals surface area contributed by atoms with E-state index in [1.54, 1.807) is 31.2 Å². The van der Waals surface area contributed by atoms with Gasteiger partial charge in [-0.25, -0.2) is 4.79 Å². The molecule has 0 saturated carbocycles. The number of carbonyl (C=O) groups is 2. The number of benzene rings is 1. The number of hydrogen-bond donors (Lipinski definition) is 2. The summed E-state index contributed by atoms with van der Waals surface area (Å²) in [6.45, 7) is 1.70. The summed E-state index contributed by atoms with van der Waals surface area (Å²) in [4.78, 5) is 24.6. The summed E-state index contributed by atoms with van der Waals surface area (Å²) >= 11 is 1.88. The zero-order valence-electron chi connectivity index (χ0n) is 15.1. The Hall–Kier alpha value is -1.91. The number of fused-ring (bicyclic) bond motifs is 1. The van der Waals surface area contributed by atoms with Crippen LogP contribution in [0.3, 0.4) is 0 Å². The molecular formula is C19H23IO7. The molecule has 27 heavy (non-hydrogen) atoms. The van der Waals surface area contributed by atoms with Crippen LogP contribution < -0.4 is 4.74 Å². The first-order valence-electron chi connectivity index (χ1n) is 8.20. The topological polar surface area (TPSA) is 125 Å². The number of aliphatic hydroxyl groups excluding tert-OH is 1. The number of aromatic hydroxyl groups is 1. The number of cyclic esters (lactones) is 1. The van der Waals surface area contributed by atoms with Crippen LogP contribution in [-0.2, 0) is 9.53 Å². The van der Waals surface area contributed by atoms with Crippen molar-refractivity contribution >= 4 is 40.4 Å². The summed E-state index contributed by atoms with van der Waals surface area (Å²) in [5.74, 6) is -0.812. The first-order chi connectivity index (χ1) is 12.3. The van der Waals surface area contributed by atoms with Gasteiger partial charge in [-0.15, -0.1) is 0 Å². The second-order valence-electron chi connectivity index (χ2n) is 5.97. The van der Waals surface area contributed by atoms with E-state index in [2.05, 4.69) is 0 Å². The summed E-state index contributed by atoms with van der Waals surface area (Å²) in [6, 6.07) is 2.97.